The van der Waals surface area contributed by atoms with Gasteiger partial charge in [0.1, 0.15) is 18.7 Å². The van der Waals surface area contributed by atoms with Crippen LogP contribution in [-0.4, -0.2) is 65.3 Å². The van der Waals surface area contributed by atoms with Crippen LogP contribution >= 0.6 is 0 Å². The molecule has 0 N–H and O–H groups in total. The molecule has 2 amide bonds. The van der Waals surface area contributed by atoms with Crippen molar-refractivity contribution in [1.82, 2.24) is 9.80 Å². The van der Waals surface area contributed by atoms with Gasteiger partial charge in [-0.1, -0.05) is 30.3 Å². The van der Waals surface area contributed by atoms with Gasteiger partial charge in [-0.3, -0.25) is 9.59 Å². The van der Waals surface area contributed by atoms with Gasteiger partial charge in [-0.15, -0.1) is 0 Å². The molecular formula is C25H34N2O6. The summed E-state index contributed by atoms with van der Waals surface area (Å²) in [5.74, 6) is -0.842. The monoisotopic (exact) mass is 458 g/mol. The van der Waals surface area contributed by atoms with Crippen LogP contribution in [0.4, 0.5) is 0 Å². The van der Waals surface area contributed by atoms with E-state index in [2.05, 4.69) is 0 Å². The minimum atomic E-state index is -0.530. The maximum atomic E-state index is 12.7. The summed E-state index contributed by atoms with van der Waals surface area (Å²) in [4.78, 5) is 53.1. The molecule has 2 saturated heterocycles. The van der Waals surface area contributed by atoms with E-state index >= 15 is 0 Å². The van der Waals surface area contributed by atoms with Gasteiger partial charge in [0.15, 0.2) is 0 Å². The Morgan fingerprint density at radius 1 is 0.818 bits per heavy atom. The second-order valence-electron chi connectivity index (χ2n) is 8.54. The van der Waals surface area contributed by atoms with Crippen LogP contribution in [0.2, 0.25) is 0 Å². The van der Waals surface area contributed by atoms with Crippen molar-refractivity contribution in [3.8, 4) is 0 Å². The Morgan fingerprint density at radius 3 is 1.85 bits per heavy atom. The molecule has 2 aliphatic rings. The van der Waals surface area contributed by atoms with Crippen molar-refractivity contribution in [2.24, 2.45) is 0 Å². The average molecular weight is 459 g/mol. The molecule has 2 heterocycles. The standard InChI is InChI=1S/C25H34N2O6/c1-2-32-24(30)20-12-8-16-26(20)22(28)14-6-7-15-23(29)27-17-9-13-21(27)25(31)33-18-19-10-4-3-5-11-19/h3-5,10-11,20-21H,2,6-9,12-18H2,1H3. The molecule has 3 rings (SSSR count). The van der Waals surface area contributed by atoms with E-state index < -0.39 is 12.1 Å². The molecule has 8 heteroatoms. The third-order valence-corrected chi connectivity index (χ3v) is 6.23. The number of benzene rings is 1. The highest BCUT2D eigenvalue weighted by molar-refractivity contribution is 5.86. The fraction of sp³-hybridized carbons (Fsp3) is 0.600. The first-order valence-electron chi connectivity index (χ1n) is 12.0. The van der Waals surface area contributed by atoms with Gasteiger partial charge < -0.3 is 19.3 Å². The topological polar surface area (TPSA) is 93.2 Å². The van der Waals surface area contributed by atoms with Gasteiger partial charge in [-0.05, 0) is 51.0 Å². The van der Waals surface area contributed by atoms with Gasteiger partial charge in [-0.25, -0.2) is 9.59 Å². The van der Waals surface area contributed by atoms with Crippen molar-refractivity contribution in [2.75, 3.05) is 19.7 Å². The molecular weight excluding hydrogens is 424 g/mol. The molecule has 0 radical (unpaired) electrons. The smallest absolute Gasteiger partial charge is 0.329 e. The van der Waals surface area contributed by atoms with Crippen LogP contribution < -0.4 is 0 Å². The first kappa shape index (κ1) is 24.7. The van der Waals surface area contributed by atoms with E-state index in [0.717, 1.165) is 18.4 Å². The van der Waals surface area contributed by atoms with Crippen molar-refractivity contribution in [1.29, 1.82) is 0 Å². The van der Waals surface area contributed by atoms with Gasteiger partial charge >= 0.3 is 11.9 Å². The SMILES string of the molecule is CCOC(=O)C1CCCN1C(=O)CCCCC(=O)N1CCCC1C(=O)OCc1ccccc1. The Morgan fingerprint density at radius 2 is 1.33 bits per heavy atom. The van der Waals surface area contributed by atoms with E-state index in [9.17, 15) is 19.2 Å². The van der Waals surface area contributed by atoms with Gasteiger partial charge in [0, 0.05) is 25.9 Å². The number of likely N-dealkylation sites (tertiary alicyclic amines) is 2. The van der Waals surface area contributed by atoms with Crippen molar-refractivity contribution in [3.63, 3.8) is 0 Å². The molecule has 2 atom stereocenters. The molecule has 0 spiro atoms. The fourth-order valence-corrected chi connectivity index (χ4v) is 4.52. The van der Waals surface area contributed by atoms with Gasteiger partial charge in [-0.2, -0.15) is 0 Å². The molecule has 0 saturated carbocycles. The van der Waals surface area contributed by atoms with Gasteiger partial charge in [0.25, 0.3) is 0 Å². The van der Waals surface area contributed by atoms with Crippen molar-refractivity contribution in [3.05, 3.63) is 35.9 Å². The molecule has 180 valence electrons. The van der Waals surface area contributed by atoms with E-state index in [-0.39, 0.29) is 36.8 Å². The van der Waals surface area contributed by atoms with Crippen LogP contribution in [0.1, 0.15) is 63.9 Å². The lowest BCUT2D eigenvalue weighted by Gasteiger charge is -2.24. The molecule has 2 unspecified atom stereocenters. The van der Waals surface area contributed by atoms with Gasteiger partial charge in [0.2, 0.25) is 11.8 Å². The van der Waals surface area contributed by atoms with E-state index in [0.29, 0.717) is 51.8 Å². The zero-order valence-corrected chi connectivity index (χ0v) is 19.4. The summed E-state index contributed by atoms with van der Waals surface area (Å²) >= 11 is 0. The largest absolute Gasteiger partial charge is 0.464 e. The lowest BCUT2D eigenvalue weighted by molar-refractivity contribution is -0.154. The van der Waals surface area contributed by atoms with Crippen molar-refractivity contribution < 1.29 is 28.7 Å². The van der Waals surface area contributed by atoms with Crippen LogP contribution in [0.5, 0.6) is 0 Å². The molecule has 2 fully saturated rings. The average Bonchev–Trinajstić information content (AvgIpc) is 3.51. The molecule has 33 heavy (non-hydrogen) atoms. The van der Waals surface area contributed by atoms with E-state index in [1.54, 1.807) is 16.7 Å². The Hall–Kier alpha value is -2.90. The Labute approximate surface area is 195 Å². The summed E-state index contributed by atoms with van der Waals surface area (Å²) in [5, 5.41) is 0. The molecule has 1 aromatic carbocycles. The Balaban J connectivity index is 1.39. The van der Waals surface area contributed by atoms with Crippen LogP contribution in [-0.2, 0) is 35.3 Å². The summed E-state index contributed by atoms with van der Waals surface area (Å²) in [7, 11) is 0. The number of rotatable bonds is 10. The third-order valence-electron chi connectivity index (χ3n) is 6.23. The number of unbranched alkanes of at least 4 members (excludes halogenated alkanes) is 1. The van der Waals surface area contributed by atoms with Crippen LogP contribution in [0.25, 0.3) is 0 Å². The zero-order chi connectivity index (χ0) is 23.6. The van der Waals surface area contributed by atoms with Crippen LogP contribution in [0.15, 0.2) is 30.3 Å². The number of hydrogen-bond acceptors (Lipinski definition) is 6. The lowest BCUT2D eigenvalue weighted by Crippen LogP contribution is -2.41. The maximum absolute atomic E-state index is 12.7. The number of carbonyl (C=O) groups excluding carboxylic acids is 4. The summed E-state index contributed by atoms with van der Waals surface area (Å²) in [5.41, 5.74) is 0.912. The van der Waals surface area contributed by atoms with Crippen molar-refractivity contribution >= 4 is 23.8 Å². The Kier molecular flexibility index (Phi) is 9.27. The lowest BCUT2D eigenvalue weighted by atomic mass is 10.1. The normalized spacial score (nSPS) is 20.0. The van der Waals surface area contributed by atoms with E-state index in [1.807, 2.05) is 30.3 Å². The number of ether oxygens (including phenoxy) is 2. The number of nitrogens with zero attached hydrogens (tertiary/aromatic N) is 2. The fourth-order valence-electron chi connectivity index (χ4n) is 4.52. The highest BCUT2D eigenvalue weighted by Crippen LogP contribution is 2.22. The van der Waals surface area contributed by atoms with Crippen LogP contribution in [0, 0.1) is 0 Å². The number of carbonyl (C=O) groups is 4. The van der Waals surface area contributed by atoms with Gasteiger partial charge in [0.05, 0.1) is 6.61 Å². The second-order valence-corrected chi connectivity index (χ2v) is 8.54. The highest BCUT2D eigenvalue weighted by Gasteiger charge is 2.36. The quantitative estimate of drug-likeness (QED) is 0.395. The summed E-state index contributed by atoms with van der Waals surface area (Å²) in [6.45, 7) is 3.38. The predicted octanol–water partition coefficient (Wildman–Crippen LogP) is 2.84. The van der Waals surface area contributed by atoms with E-state index in [1.165, 1.54) is 0 Å². The minimum absolute atomic E-state index is 0.0680. The first-order chi connectivity index (χ1) is 16.0. The summed E-state index contributed by atoms with van der Waals surface area (Å²) in [6, 6.07) is 8.45. The molecule has 8 nitrogen and oxygen atoms in total. The predicted molar refractivity (Wildman–Crippen MR) is 121 cm³/mol. The Bertz CT molecular complexity index is 827. The third kappa shape index (κ3) is 6.79. The summed E-state index contributed by atoms with van der Waals surface area (Å²) < 4.78 is 10.5. The minimum Gasteiger partial charge on any atom is -0.464 e. The molecule has 0 aromatic heterocycles. The number of hydrogen-bond donors (Lipinski definition) is 0. The molecule has 1 aromatic rings. The molecule has 0 aliphatic carbocycles. The van der Waals surface area contributed by atoms with E-state index in [4.69, 9.17) is 9.47 Å². The maximum Gasteiger partial charge on any atom is 0.329 e. The van der Waals surface area contributed by atoms with Crippen LogP contribution in [0.3, 0.4) is 0 Å². The molecule has 0 bridgehead atoms. The number of amides is 2. The first-order valence-corrected chi connectivity index (χ1v) is 12.0. The summed E-state index contributed by atoms with van der Waals surface area (Å²) in [6.07, 6.45) is 4.53. The highest BCUT2D eigenvalue weighted by atomic mass is 16.5. The molecule has 2 aliphatic heterocycles. The number of esters is 2. The van der Waals surface area contributed by atoms with Crippen molar-refractivity contribution in [2.45, 2.75) is 77.0 Å². The second kappa shape index (κ2) is 12.4. The zero-order valence-electron chi connectivity index (χ0n) is 19.4.